The fourth-order valence-corrected chi connectivity index (χ4v) is 2.60. The van der Waals surface area contributed by atoms with Crippen molar-refractivity contribution in [3.8, 4) is 0 Å². The van der Waals surface area contributed by atoms with E-state index in [0.29, 0.717) is 11.5 Å². The van der Waals surface area contributed by atoms with Crippen LogP contribution in [0.4, 0.5) is 10.2 Å². The van der Waals surface area contributed by atoms with E-state index < -0.39 is 15.8 Å². The van der Waals surface area contributed by atoms with E-state index in [2.05, 4.69) is 9.82 Å². The van der Waals surface area contributed by atoms with Crippen LogP contribution in [0.15, 0.2) is 35.2 Å². The molecule has 0 aliphatic rings. The normalized spacial score (nSPS) is 11.5. The van der Waals surface area contributed by atoms with E-state index in [9.17, 15) is 12.8 Å². The van der Waals surface area contributed by atoms with Crippen LogP contribution < -0.4 is 4.72 Å². The number of anilines is 1. The number of nitrogens with one attached hydrogen (secondary N) is 1. The van der Waals surface area contributed by atoms with Gasteiger partial charge in [0.1, 0.15) is 11.6 Å². The molecule has 0 aliphatic heterocycles. The maximum absolute atomic E-state index is 12.7. The molecule has 0 unspecified atom stereocenters. The fraction of sp³-hybridized carbons (Fsp3) is 0.182. The van der Waals surface area contributed by atoms with Crippen molar-refractivity contribution in [1.82, 2.24) is 9.78 Å². The molecule has 0 bridgehead atoms. The van der Waals surface area contributed by atoms with Crippen LogP contribution in [0.3, 0.4) is 0 Å². The molecule has 0 saturated heterocycles. The number of nitrogens with zero attached hydrogens (tertiary/aromatic N) is 2. The molecule has 0 atom stereocenters. The zero-order valence-electron chi connectivity index (χ0n) is 9.88. The summed E-state index contributed by atoms with van der Waals surface area (Å²) in [6.45, 7) is 1.76. The third-order valence-electron chi connectivity index (χ3n) is 2.36. The largest absolute Gasteiger partial charge is 0.264 e. The number of hydrogen-bond donors (Lipinski definition) is 1. The minimum absolute atomic E-state index is 0.00255. The second-order valence-corrected chi connectivity index (χ2v) is 5.54. The Morgan fingerprint density at radius 1 is 1.28 bits per heavy atom. The summed E-state index contributed by atoms with van der Waals surface area (Å²) in [5.74, 6) is -0.123. The van der Waals surface area contributed by atoms with E-state index in [-0.39, 0.29) is 4.90 Å². The van der Waals surface area contributed by atoms with Gasteiger partial charge in [0.25, 0.3) is 10.0 Å². The molecule has 7 heteroatoms. The Morgan fingerprint density at radius 3 is 2.39 bits per heavy atom. The van der Waals surface area contributed by atoms with E-state index in [1.165, 1.54) is 16.8 Å². The number of hydrogen-bond acceptors (Lipinski definition) is 3. The van der Waals surface area contributed by atoms with Crippen molar-refractivity contribution in [3.05, 3.63) is 41.8 Å². The number of sulfonamides is 1. The molecular weight excluding hydrogens is 257 g/mol. The zero-order valence-corrected chi connectivity index (χ0v) is 10.7. The Labute approximate surface area is 104 Å². The average molecular weight is 269 g/mol. The Hall–Kier alpha value is -1.89. The molecule has 0 spiro atoms. The second-order valence-electron chi connectivity index (χ2n) is 3.85. The monoisotopic (exact) mass is 269 g/mol. The highest BCUT2D eigenvalue weighted by atomic mass is 32.2. The summed E-state index contributed by atoms with van der Waals surface area (Å²) in [7, 11) is -2.08. The SMILES string of the molecule is Cc1cc(NS(=O)(=O)c2ccc(F)cc2)n(C)n1. The molecular formula is C11H12FN3O2S. The highest BCUT2D eigenvalue weighted by Crippen LogP contribution is 2.16. The molecule has 18 heavy (non-hydrogen) atoms. The highest BCUT2D eigenvalue weighted by molar-refractivity contribution is 7.92. The first-order valence-electron chi connectivity index (χ1n) is 5.17. The number of aromatic nitrogens is 2. The number of rotatable bonds is 3. The van der Waals surface area contributed by atoms with E-state index in [1.54, 1.807) is 20.0 Å². The second kappa shape index (κ2) is 4.41. The van der Waals surface area contributed by atoms with Gasteiger partial charge in [-0.25, -0.2) is 12.8 Å². The summed E-state index contributed by atoms with van der Waals surface area (Å²) in [6.07, 6.45) is 0. The highest BCUT2D eigenvalue weighted by Gasteiger charge is 2.16. The predicted octanol–water partition coefficient (Wildman–Crippen LogP) is 1.67. The van der Waals surface area contributed by atoms with Gasteiger partial charge < -0.3 is 0 Å². The predicted molar refractivity (Wildman–Crippen MR) is 65.2 cm³/mol. The minimum Gasteiger partial charge on any atom is -0.264 e. The molecule has 5 nitrogen and oxygen atoms in total. The van der Waals surface area contributed by atoms with Gasteiger partial charge in [0.15, 0.2) is 0 Å². The van der Waals surface area contributed by atoms with Crippen LogP contribution in [-0.2, 0) is 17.1 Å². The van der Waals surface area contributed by atoms with Crippen LogP contribution in [0.5, 0.6) is 0 Å². The third kappa shape index (κ3) is 2.51. The Kier molecular flexibility index (Phi) is 3.08. The van der Waals surface area contributed by atoms with Crippen molar-refractivity contribution in [2.45, 2.75) is 11.8 Å². The number of halogens is 1. The molecule has 1 aromatic carbocycles. The standard InChI is InChI=1S/C11H12FN3O2S/c1-8-7-11(15(2)13-8)14-18(16,17)10-5-3-9(12)4-6-10/h3-7,14H,1-2H3. The van der Waals surface area contributed by atoms with Crippen molar-refractivity contribution in [3.63, 3.8) is 0 Å². The van der Waals surface area contributed by atoms with E-state index in [1.807, 2.05) is 0 Å². The first-order chi connectivity index (χ1) is 8.38. The molecule has 0 aliphatic carbocycles. The van der Waals surface area contributed by atoms with Gasteiger partial charge in [-0.05, 0) is 31.2 Å². The molecule has 0 radical (unpaired) electrons. The van der Waals surface area contributed by atoms with Crippen molar-refractivity contribution in [2.75, 3.05) is 4.72 Å². The molecule has 0 amide bonds. The van der Waals surface area contributed by atoms with E-state index in [4.69, 9.17) is 0 Å². The topological polar surface area (TPSA) is 64.0 Å². The van der Waals surface area contributed by atoms with Crippen molar-refractivity contribution in [2.24, 2.45) is 7.05 Å². The lowest BCUT2D eigenvalue weighted by molar-refractivity contribution is 0.598. The average Bonchev–Trinajstić information content (AvgIpc) is 2.57. The van der Waals surface area contributed by atoms with Crippen LogP contribution in [-0.4, -0.2) is 18.2 Å². The molecule has 96 valence electrons. The van der Waals surface area contributed by atoms with Gasteiger partial charge >= 0.3 is 0 Å². The summed E-state index contributed by atoms with van der Waals surface area (Å²) in [5.41, 5.74) is 0.703. The summed E-state index contributed by atoms with van der Waals surface area (Å²) in [4.78, 5) is 0.00255. The van der Waals surface area contributed by atoms with Crippen molar-refractivity contribution in [1.29, 1.82) is 0 Å². The summed E-state index contributed by atoms with van der Waals surface area (Å²) in [5, 5.41) is 4.03. The molecule has 1 heterocycles. The lowest BCUT2D eigenvalue weighted by atomic mass is 10.4. The fourth-order valence-electron chi connectivity index (χ4n) is 1.52. The summed E-state index contributed by atoms with van der Waals surface area (Å²) in [6, 6.07) is 6.23. The summed E-state index contributed by atoms with van der Waals surface area (Å²) < 4.78 is 40.6. The number of aryl methyl sites for hydroxylation is 2. The summed E-state index contributed by atoms with van der Waals surface area (Å²) >= 11 is 0. The molecule has 0 saturated carbocycles. The van der Waals surface area contributed by atoms with Crippen molar-refractivity contribution >= 4 is 15.8 Å². The van der Waals surface area contributed by atoms with Gasteiger partial charge in [0.2, 0.25) is 0 Å². The first kappa shape index (κ1) is 12.6. The molecule has 0 fully saturated rings. The Morgan fingerprint density at radius 2 is 1.89 bits per heavy atom. The van der Waals surface area contributed by atoms with Gasteiger partial charge in [-0.3, -0.25) is 9.40 Å². The van der Waals surface area contributed by atoms with Gasteiger partial charge in [-0.1, -0.05) is 0 Å². The van der Waals surface area contributed by atoms with Crippen molar-refractivity contribution < 1.29 is 12.8 Å². The van der Waals surface area contributed by atoms with E-state index >= 15 is 0 Å². The maximum atomic E-state index is 12.7. The zero-order chi connectivity index (χ0) is 13.3. The van der Waals surface area contributed by atoms with Crippen LogP contribution in [0.25, 0.3) is 0 Å². The van der Waals surface area contributed by atoms with Crippen LogP contribution >= 0.6 is 0 Å². The smallest absolute Gasteiger partial charge is 0.263 e. The van der Waals surface area contributed by atoms with Gasteiger partial charge in [0.05, 0.1) is 10.6 Å². The molecule has 1 N–H and O–H groups in total. The minimum atomic E-state index is -3.72. The maximum Gasteiger partial charge on any atom is 0.263 e. The van der Waals surface area contributed by atoms with Crippen LogP contribution in [0.1, 0.15) is 5.69 Å². The number of benzene rings is 1. The van der Waals surface area contributed by atoms with Gasteiger partial charge in [-0.2, -0.15) is 5.10 Å². The molecule has 2 rings (SSSR count). The van der Waals surface area contributed by atoms with Gasteiger partial charge in [0, 0.05) is 13.1 Å². The van der Waals surface area contributed by atoms with E-state index in [0.717, 1.165) is 12.1 Å². The molecule has 1 aromatic heterocycles. The Balaban J connectivity index is 2.33. The quantitative estimate of drug-likeness (QED) is 0.921. The lowest BCUT2D eigenvalue weighted by Crippen LogP contribution is -2.15. The first-order valence-corrected chi connectivity index (χ1v) is 6.66. The third-order valence-corrected chi connectivity index (χ3v) is 3.74. The van der Waals surface area contributed by atoms with Gasteiger partial charge in [-0.15, -0.1) is 0 Å². The Bertz CT molecular complexity index is 662. The molecule has 2 aromatic rings. The van der Waals surface area contributed by atoms with Crippen LogP contribution in [0.2, 0.25) is 0 Å². The van der Waals surface area contributed by atoms with Crippen LogP contribution in [0, 0.1) is 12.7 Å². The lowest BCUT2D eigenvalue weighted by Gasteiger charge is -2.07.